The van der Waals surface area contributed by atoms with Crippen molar-refractivity contribution in [2.24, 2.45) is 0 Å². The fourth-order valence-corrected chi connectivity index (χ4v) is 3.60. The normalized spacial score (nSPS) is 14.0. The van der Waals surface area contributed by atoms with Crippen molar-refractivity contribution in [3.8, 4) is 0 Å². The largest absolute Gasteiger partial charge is 0.325 e. The van der Waals surface area contributed by atoms with Crippen molar-refractivity contribution in [1.82, 2.24) is 0 Å². The van der Waals surface area contributed by atoms with Gasteiger partial charge in [-0.3, -0.25) is 9.00 Å². The van der Waals surface area contributed by atoms with Gasteiger partial charge in [-0.2, -0.15) is 0 Å². The van der Waals surface area contributed by atoms with Crippen LogP contribution >= 0.6 is 11.6 Å². The molecule has 25 heavy (non-hydrogen) atoms. The molecule has 0 saturated heterocycles. The Kier molecular flexibility index (Phi) is 6.42. The van der Waals surface area contributed by atoms with Crippen LogP contribution in [0.5, 0.6) is 0 Å². The molecule has 0 spiro atoms. The molecule has 2 rings (SSSR count). The number of carbonyl (C=O) groups is 1. The summed E-state index contributed by atoms with van der Waals surface area (Å²) in [7, 11) is -1.32. The highest BCUT2D eigenvalue weighted by molar-refractivity contribution is 7.85. The van der Waals surface area contributed by atoms with E-state index in [0.29, 0.717) is 16.5 Å². The molecule has 2 aromatic carbocycles. The lowest BCUT2D eigenvalue weighted by molar-refractivity contribution is -0.115. The maximum absolute atomic E-state index is 12.4. The van der Waals surface area contributed by atoms with E-state index in [-0.39, 0.29) is 11.3 Å². The molecular weight excluding hydrogens is 354 g/mol. The third-order valence-electron chi connectivity index (χ3n) is 3.98. The Bertz CT molecular complexity index is 766. The first-order chi connectivity index (χ1) is 11.7. The molecule has 0 fully saturated rings. The van der Waals surface area contributed by atoms with E-state index in [2.05, 4.69) is 26.1 Å². The molecule has 2 atom stereocenters. The Morgan fingerprint density at radius 3 is 2.36 bits per heavy atom. The maximum atomic E-state index is 12.4. The van der Waals surface area contributed by atoms with E-state index in [1.807, 2.05) is 36.4 Å². The van der Waals surface area contributed by atoms with E-state index in [4.69, 9.17) is 11.6 Å². The summed E-state index contributed by atoms with van der Waals surface area (Å²) in [5.41, 5.74) is 2.83. The van der Waals surface area contributed by atoms with Gasteiger partial charge in [-0.1, -0.05) is 56.6 Å². The molecular formula is C20H24ClNO2S. The van der Waals surface area contributed by atoms with Gasteiger partial charge < -0.3 is 5.32 Å². The molecule has 0 radical (unpaired) electrons. The minimum atomic E-state index is -1.32. The van der Waals surface area contributed by atoms with Crippen LogP contribution in [0.15, 0.2) is 48.5 Å². The van der Waals surface area contributed by atoms with Gasteiger partial charge in [0.1, 0.15) is 5.25 Å². The fourth-order valence-electron chi connectivity index (χ4n) is 2.33. The molecule has 0 aliphatic heterocycles. The average Bonchev–Trinajstić information content (AvgIpc) is 2.53. The second kappa shape index (κ2) is 8.15. The van der Waals surface area contributed by atoms with Crippen LogP contribution in [-0.2, 0) is 26.8 Å². The minimum absolute atomic E-state index is 0.0638. The third-order valence-corrected chi connectivity index (χ3v) is 5.84. The number of nitrogens with one attached hydrogen (secondary N) is 1. The van der Waals surface area contributed by atoms with Gasteiger partial charge in [0.25, 0.3) is 0 Å². The molecule has 0 aliphatic carbocycles. The molecule has 0 aromatic heterocycles. The molecule has 2 aromatic rings. The Hall–Kier alpha value is -1.65. The number of anilines is 1. The molecule has 0 unspecified atom stereocenters. The maximum Gasteiger partial charge on any atom is 0.239 e. The number of halogens is 1. The van der Waals surface area contributed by atoms with Crippen molar-refractivity contribution in [2.45, 2.75) is 44.1 Å². The molecule has 1 N–H and O–H groups in total. The minimum Gasteiger partial charge on any atom is -0.325 e. The molecule has 0 heterocycles. The van der Waals surface area contributed by atoms with Gasteiger partial charge in [-0.05, 0) is 47.7 Å². The first kappa shape index (κ1) is 19.7. The molecule has 5 heteroatoms. The third kappa shape index (κ3) is 5.68. The summed E-state index contributed by atoms with van der Waals surface area (Å²) in [4.78, 5) is 12.4. The molecule has 0 saturated carbocycles. The van der Waals surface area contributed by atoms with Gasteiger partial charge in [0.2, 0.25) is 5.91 Å². The van der Waals surface area contributed by atoms with Crippen molar-refractivity contribution in [3.05, 3.63) is 64.7 Å². The summed E-state index contributed by atoms with van der Waals surface area (Å²) in [5.74, 6) is 0.0573. The summed E-state index contributed by atoms with van der Waals surface area (Å²) in [5, 5.41) is 2.83. The van der Waals surface area contributed by atoms with Gasteiger partial charge in [-0.25, -0.2) is 0 Å². The first-order valence-electron chi connectivity index (χ1n) is 8.20. The Balaban J connectivity index is 1.98. The van der Waals surface area contributed by atoms with Gasteiger partial charge >= 0.3 is 0 Å². The SMILES string of the molecule is C[C@H](C(=O)Nc1ccc(C(C)(C)C)cc1)[S@](=O)Cc1cccc(Cl)c1. The van der Waals surface area contributed by atoms with Gasteiger partial charge in [0.05, 0.1) is 0 Å². The molecule has 0 aliphatic rings. The van der Waals surface area contributed by atoms with Crippen LogP contribution in [0.4, 0.5) is 5.69 Å². The molecule has 0 bridgehead atoms. The van der Waals surface area contributed by atoms with Crippen molar-refractivity contribution >= 4 is 34.0 Å². The predicted octanol–water partition coefficient (Wildman–Crippen LogP) is 4.91. The fraction of sp³-hybridized carbons (Fsp3) is 0.350. The zero-order chi connectivity index (χ0) is 18.6. The number of carbonyl (C=O) groups excluding carboxylic acids is 1. The van der Waals surface area contributed by atoms with Crippen LogP contribution in [0.2, 0.25) is 5.02 Å². The quantitative estimate of drug-likeness (QED) is 0.804. The van der Waals surface area contributed by atoms with Crippen LogP contribution in [0, 0.1) is 0 Å². The van der Waals surface area contributed by atoms with Crippen LogP contribution in [0.1, 0.15) is 38.8 Å². The molecule has 3 nitrogen and oxygen atoms in total. The first-order valence-corrected chi connectivity index (χ1v) is 9.96. The van der Waals surface area contributed by atoms with Crippen LogP contribution in [0.25, 0.3) is 0 Å². The van der Waals surface area contributed by atoms with Crippen LogP contribution < -0.4 is 5.32 Å². The smallest absolute Gasteiger partial charge is 0.239 e. The number of hydrogen-bond donors (Lipinski definition) is 1. The summed E-state index contributed by atoms with van der Waals surface area (Å²) >= 11 is 5.94. The monoisotopic (exact) mass is 377 g/mol. The van der Waals surface area contributed by atoms with Crippen molar-refractivity contribution in [2.75, 3.05) is 5.32 Å². The number of amides is 1. The van der Waals surface area contributed by atoms with Crippen molar-refractivity contribution < 1.29 is 9.00 Å². The molecule has 1 amide bonds. The number of hydrogen-bond acceptors (Lipinski definition) is 2. The van der Waals surface area contributed by atoms with E-state index in [9.17, 15) is 9.00 Å². The topological polar surface area (TPSA) is 46.2 Å². The van der Waals surface area contributed by atoms with Crippen molar-refractivity contribution in [1.29, 1.82) is 0 Å². The lowest BCUT2D eigenvalue weighted by Gasteiger charge is -2.19. The van der Waals surface area contributed by atoms with Crippen LogP contribution in [-0.4, -0.2) is 15.4 Å². The number of benzene rings is 2. The van der Waals surface area contributed by atoms with Crippen LogP contribution in [0.3, 0.4) is 0 Å². The Labute approximate surface area is 157 Å². The van der Waals surface area contributed by atoms with E-state index in [0.717, 1.165) is 5.56 Å². The summed E-state index contributed by atoms with van der Waals surface area (Å²) < 4.78 is 12.4. The molecule has 134 valence electrons. The summed E-state index contributed by atoms with van der Waals surface area (Å²) in [6.45, 7) is 8.10. The lowest BCUT2D eigenvalue weighted by atomic mass is 9.87. The predicted molar refractivity (Wildman–Crippen MR) is 107 cm³/mol. The Morgan fingerprint density at radius 2 is 1.80 bits per heavy atom. The van der Waals surface area contributed by atoms with Gasteiger partial charge in [0.15, 0.2) is 0 Å². The van der Waals surface area contributed by atoms with E-state index < -0.39 is 16.0 Å². The highest BCUT2D eigenvalue weighted by atomic mass is 35.5. The average molecular weight is 378 g/mol. The second-order valence-electron chi connectivity index (χ2n) is 7.11. The zero-order valence-corrected chi connectivity index (χ0v) is 16.6. The van der Waals surface area contributed by atoms with Gasteiger partial charge in [-0.15, -0.1) is 0 Å². The van der Waals surface area contributed by atoms with E-state index in [1.54, 1.807) is 19.1 Å². The van der Waals surface area contributed by atoms with E-state index >= 15 is 0 Å². The lowest BCUT2D eigenvalue weighted by Crippen LogP contribution is -2.29. The summed E-state index contributed by atoms with van der Waals surface area (Å²) in [6, 6.07) is 15.0. The Morgan fingerprint density at radius 1 is 1.16 bits per heavy atom. The highest BCUT2D eigenvalue weighted by Gasteiger charge is 2.21. The van der Waals surface area contributed by atoms with Crippen molar-refractivity contribution in [3.63, 3.8) is 0 Å². The van der Waals surface area contributed by atoms with E-state index in [1.165, 1.54) is 5.56 Å². The zero-order valence-electron chi connectivity index (χ0n) is 15.0. The second-order valence-corrected chi connectivity index (χ2v) is 9.31. The summed E-state index contributed by atoms with van der Waals surface area (Å²) in [6.07, 6.45) is 0. The highest BCUT2D eigenvalue weighted by Crippen LogP contribution is 2.23. The standard InChI is InChI=1S/C20H24ClNO2S/c1-14(25(24)13-15-6-5-7-17(21)12-15)19(23)22-18-10-8-16(9-11-18)20(2,3)4/h5-12,14H,13H2,1-4H3,(H,22,23)/t14-,25-/m1/s1. The van der Waals surface area contributed by atoms with Gasteiger partial charge in [0, 0.05) is 27.3 Å². The number of rotatable bonds is 5.